The van der Waals surface area contributed by atoms with Gasteiger partial charge in [0, 0.05) is 12.7 Å². The van der Waals surface area contributed by atoms with Crippen LogP contribution in [0.2, 0.25) is 0 Å². The van der Waals surface area contributed by atoms with E-state index in [9.17, 15) is 9.59 Å². The van der Waals surface area contributed by atoms with E-state index in [0.717, 1.165) is 11.1 Å². The highest BCUT2D eigenvalue weighted by molar-refractivity contribution is 7.81. The van der Waals surface area contributed by atoms with Crippen molar-refractivity contribution in [3.63, 3.8) is 0 Å². The lowest BCUT2D eigenvalue weighted by molar-refractivity contribution is -0.128. The van der Waals surface area contributed by atoms with E-state index in [1.807, 2.05) is 36.6 Å². The molecule has 1 fully saturated rings. The smallest absolute Gasteiger partial charge is 0.265 e. The van der Waals surface area contributed by atoms with E-state index in [-0.39, 0.29) is 28.6 Å². The summed E-state index contributed by atoms with van der Waals surface area (Å²) in [5.41, 5.74) is 1.93. The van der Waals surface area contributed by atoms with Crippen molar-refractivity contribution in [1.82, 2.24) is 15.1 Å². The molecule has 5 nitrogen and oxygen atoms in total. The Morgan fingerprint density at radius 1 is 1.32 bits per heavy atom. The molecular weight excluding hydrogens is 390 g/mol. The third-order valence-electron chi connectivity index (χ3n) is 4.67. The number of hydrogen-bond acceptors (Lipinski definition) is 5. The summed E-state index contributed by atoms with van der Waals surface area (Å²) >= 11 is 9.83. The highest BCUT2D eigenvalue weighted by atomic mass is 32.1. The van der Waals surface area contributed by atoms with Crippen LogP contribution in [0.4, 0.5) is 0 Å². The zero-order chi connectivity index (χ0) is 20.3. The first-order valence-corrected chi connectivity index (χ1v) is 9.75. The van der Waals surface area contributed by atoms with Gasteiger partial charge in [0.05, 0.1) is 11.4 Å². The summed E-state index contributed by atoms with van der Waals surface area (Å²) in [6.45, 7) is 5.95. The van der Waals surface area contributed by atoms with Gasteiger partial charge in [-0.1, -0.05) is 42.5 Å². The molecule has 0 spiro atoms. The number of thiol groups is 1. The summed E-state index contributed by atoms with van der Waals surface area (Å²) in [4.78, 5) is 28.5. The predicted octanol–water partition coefficient (Wildman–Crippen LogP) is 3.11. The van der Waals surface area contributed by atoms with Gasteiger partial charge in [0.25, 0.3) is 11.8 Å². The fourth-order valence-corrected chi connectivity index (χ4v) is 3.80. The molecule has 0 aromatic heterocycles. The summed E-state index contributed by atoms with van der Waals surface area (Å²) in [5.74, 6) is -0.943. The number of thiocarbonyl (C=S) groups is 1. The van der Waals surface area contributed by atoms with Gasteiger partial charge in [-0.15, -0.1) is 19.2 Å². The highest BCUT2D eigenvalue weighted by Crippen LogP contribution is 2.31. The molecule has 1 N–H and O–H groups in total. The van der Waals surface area contributed by atoms with Crippen LogP contribution in [0.5, 0.6) is 0 Å². The van der Waals surface area contributed by atoms with Gasteiger partial charge >= 0.3 is 0 Å². The molecule has 0 radical (unpaired) electrons. The van der Waals surface area contributed by atoms with E-state index in [1.165, 1.54) is 4.90 Å². The number of rotatable bonds is 5. The molecule has 2 aliphatic rings. The standard InChI is InChI=1S/C21H21N3O2S2/c1-3-11-24-19(26)17(18(25)22-21(24)28)13-16-10-7-12-23(20(16)27)14(2)15-8-5-4-6-9-15/h3-10,12-14,20,27H,1,11H2,2H3,(H,22,25,28)/b17-13+. The number of carbonyl (C=O) groups is 2. The summed E-state index contributed by atoms with van der Waals surface area (Å²) < 4.78 is 0. The predicted molar refractivity (Wildman–Crippen MR) is 117 cm³/mol. The van der Waals surface area contributed by atoms with E-state index in [0.29, 0.717) is 0 Å². The van der Waals surface area contributed by atoms with Crippen LogP contribution in [0.3, 0.4) is 0 Å². The minimum atomic E-state index is -0.506. The van der Waals surface area contributed by atoms with E-state index in [2.05, 4.69) is 35.9 Å². The number of carbonyl (C=O) groups excluding carboxylic acids is 2. The lowest BCUT2D eigenvalue weighted by Crippen LogP contribution is -2.54. The number of allylic oxidation sites excluding steroid dienone is 2. The Morgan fingerprint density at radius 3 is 2.71 bits per heavy atom. The maximum Gasteiger partial charge on any atom is 0.265 e. The Bertz CT molecular complexity index is 905. The van der Waals surface area contributed by atoms with E-state index < -0.39 is 11.8 Å². The average molecular weight is 412 g/mol. The van der Waals surface area contributed by atoms with Crippen LogP contribution in [-0.2, 0) is 9.59 Å². The van der Waals surface area contributed by atoms with Crippen LogP contribution in [0, 0.1) is 0 Å². The number of amides is 2. The summed E-state index contributed by atoms with van der Waals surface area (Å²) in [7, 11) is 0. The molecule has 0 aliphatic carbocycles. The maximum absolute atomic E-state index is 12.7. The van der Waals surface area contributed by atoms with Gasteiger partial charge in [-0.2, -0.15) is 0 Å². The van der Waals surface area contributed by atoms with E-state index >= 15 is 0 Å². The lowest BCUT2D eigenvalue weighted by Gasteiger charge is -2.36. The van der Waals surface area contributed by atoms with Gasteiger partial charge in [-0.3, -0.25) is 19.8 Å². The first kappa shape index (κ1) is 20.1. The van der Waals surface area contributed by atoms with Gasteiger partial charge in [0.1, 0.15) is 5.57 Å². The maximum atomic E-state index is 12.7. The molecule has 144 valence electrons. The molecule has 0 bridgehead atoms. The molecule has 2 atom stereocenters. The fraction of sp³-hybridized carbons (Fsp3) is 0.190. The van der Waals surface area contributed by atoms with E-state index in [1.54, 1.807) is 12.2 Å². The molecule has 7 heteroatoms. The second-order valence-electron chi connectivity index (χ2n) is 6.44. The molecule has 2 heterocycles. The van der Waals surface area contributed by atoms with Crippen LogP contribution in [0.25, 0.3) is 0 Å². The van der Waals surface area contributed by atoms with Crippen LogP contribution in [0.15, 0.2) is 78.6 Å². The molecule has 1 saturated heterocycles. The van der Waals surface area contributed by atoms with Crippen LogP contribution >= 0.6 is 24.8 Å². The molecule has 3 rings (SSSR count). The van der Waals surface area contributed by atoms with Crippen LogP contribution < -0.4 is 5.32 Å². The van der Waals surface area contributed by atoms with Crippen molar-refractivity contribution in [2.45, 2.75) is 18.3 Å². The number of benzene rings is 1. The molecule has 2 aliphatic heterocycles. The third kappa shape index (κ3) is 3.95. The van der Waals surface area contributed by atoms with Crippen molar-refractivity contribution in [2.24, 2.45) is 0 Å². The van der Waals surface area contributed by atoms with Crippen molar-refractivity contribution in [3.8, 4) is 0 Å². The largest absolute Gasteiger partial charge is 0.355 e. The Morgan fingerprint density at radius 2 is 2.04 bits per heavy atom. The minimum Gasteiger partial charge on any atom is -0.355 e. The summed E-state index contributed by atoms with van der Waals surface area (Å²) in [6.07, 6.45) is 8.84. The Labute approximate surface area is 175 Å². The van der Waals surface area contributed by atoms with Crippen molar-refractivity contribution >= 4 is 41.8 Å². The first-order chi connectivity index (χ1) is 13.4. The number of hydrogen-bond donors (Lipinski definition) is 2. The molecule has 1 aromatic carbocycles. The highest BCUT2D eigenvalue weighted by Gasteiger charge is 2.34. The van der Waals surface area contributed by atoms with Crippen molar-refractivity contribution < 1.29 is 9.59 Å². The molecule has 1 aromatic rings. The molecular formula is C21H21N3O2S2. The van der Waals surface area contributed by atoms with Gasteiger partial charge < -0.3 is 4.90 Å². The van der Waals surface area contributed by atoms with Gasteiger partial charge in [0.15, 0.2) is 5.11 Å². The molecule has 28 heavy (non-hydrogen) atoms. The zero-order valence-electron chi connectivity index (χ0n) is 15.4. The minimum absolute atomic E-state index is 0.0309. The second-order valence-corrected chi connectivity index (χ2v) is 7.31. The Hall–Kier alpha value is -2.64. The fourth-order valence-electron chi connectivity index (χ4n) is 3.12. The molecule has 2 amide bonds. The van der Waals surface area contributed by atoms with Crippen molar-refractivity contribution in [2.75, 3.05) is 6.54 Å². The normalized spacial score (nSPS) is 22.2. The van der Waals surface area contributed by atoms with Gasteiger partial charge in [0.2, 0.25) is 0 Å². The quantitative estimate of drug-likeness (QED) is 0.257. The average Bonchev–Trinajstić information content (AvgIpc) is 2.69. The van der Waals surface area contributed by atoms with Gasteiger partial charge in [-0.05, 0) is 42.4 Å². The number of nitrogens with one attached hydrogen (secondary N) is 1. The third-order valence-corrected chi connectivity index (χ3v) is 5.55. The summed E-state index contributed by atoms with van der Waals surface area (Å²) in [5, 5.41) is 2.34. The first-order valence-electron chi connectivity index (χ1n) is 8.82. The molecule has 2 unspecified atom stereocenters. The Kier molecular flexibility index (Phi) is 6.16. The monoisotopic (exact) mass is 411 g/mol. The topological polar surface area (TPSA) is 52.7 Å². The van der Waals surface area contributed by atoms with Gasteiger partial charge in [-0.25, -0.2) is 0 Å². The summed E-state index contributed by atoms with van der Waals surface area (Å²) in [6, 6.07) is 10.1. The van der Waals surface area contributed by atoms with E-state index in [4.69, 9.17) is 24.8 Å². The molecule has 0 saturated carbocycles. The lowest BCUT2D eigenvalue weighted by atomic mass is 10.0. The van der Waals surface area contributed by atoms with Crippen molar-refractivity contribution in [3.05, 3.63) is 84.1 Å². The second kappa shape index (κ2) is 8.58. The zero-order valence-corrected chi connectivity index (χ0v) is 17.1. The van der Waals surface area contributed by atoms with Crippen LogP contribution in [-0.4, -0.2) is 38.6 Å². The van der Waals surface area contributed by atoms with Crippen LogP contribution in [0.1, 0.15) is 18.5 Å². The SMILES string of the molecule is C=CCN1C(=O)/C(=C/C2=CC=CN(C(C)c3ccccc3)C2S)C(=O)NC1=S. The number of nitrogens with zero attached hydrogens (tertiary/aromatic N) is 2. The van der Waals surface area contributed by atoms with Crippen molar-refractivity contribution in [1.29, 1.82) is 0 Å². The Balaban J connectivity index is 1.87.